The molecule has 0 fully saturated rings. The molecule has 3 aromatic rings. The molecule has 7 nitrogen and oxygen atoms in total. The summed E-state index contributed by atoms with van der Waals surface area (Å²) in [5, 5.41) is 19.4. The quantitative estimate of drug-likeness (QED) is 0.667. The summed E-state index contributed by atoms with van der Waals surface area (Å²) < 4.78 is 1.74. The summed E-state index contributed by atoms with van der Waals surface area (Å²) in [7, 11) is 0. The van der Waals surface area contributed by atoms with Crippen LogP contribution in [0.5, 0.6) is 0 Å². The van der Waals surface area contributed by atoms with E-state index in [-0.39, 0.29) is 0 Å². The van der Waals surface area contributed by atoms with Gasteiger partial charge in [-0.3, -0.25) is 4.79 Å². The van der Waals surface area contributed by atoms with E-state index in [0.717, 1.165) is 29.0 Å². The number of anilines is 1. The van der Waals surface area contributed by atoms with Gasteiger partial charge in [0.05, 0.1) is 12.7 Å². The number of hydrogen-bond acceptors (Lipinski definition) is 4. The first-order chi connectivity index (χ1) is 12.6. The Kier molecular flexibility index (Phi) is 5.19. The molecule has 1 aromatic heterocycles. The zero-order chi connectivity index (χ0) is 18.4. The number of carboxylic acids is 1. The van der Waals surface area contributed by atoms with E-state index >= 15 is 0 Å². The van der Waals surface area contributed by atoms with Gasteiger partial charge in [0.25, 0.3) is 0 Å². The molecule has 0 radical (unpaired) electrons. The molecule has 0 aliphatic heterocycles. The van der Waals surface area contributed by atoms with E-state index in [1.807, 2.05) is 48.7 Å². The first-order valence-electron chi connectivity index (χ1n) is 7.86. The number of rotatable bonds is 6. The summed E-state index contributed by atoms with van der Waals surface area (Å²) in [6.07, 6.45) is 3.64. The lowest BCUT2D eigenvalue weighted by atomic mass is 10.2. The predicted molar refractivity (Wildman–Crippen MR) is 96.4 cm³/mol. The highest BCUT2D eigenvalue weighted by atomic mass is 16.4. The van der Waals surface area contributed by atoms with Gasteiger partial charge in [-0.15, -0.1) is 5.10 Å². The van der Waals surface area contributed by atoms with Gasteiger partial charge in [0.1, 0.15) is 5.69 Å². The number of aliphatic carboxylic acids is 1. The van der Waals surface area contributed by atoms with Crippen LogP contribution >= 0.6 is 0 Å². The minimum absolute atomic E-state index is 0.496. The fourth-order valence-electron chi connectivity index (χ4n) is 2.33. The molecule has 3 rings (SSSR count). The number of amides is 1. The molecule has 0 aliphatic carbocycles. The average Bonchev–Trinajstić information content (AvgIpc) is 3.11. The Hall–Kier alpha value is -3.74. The summed E-state index contributed by atoms with van der Waals surface area (Å²) in [4.78, 5) is 21.9. The topological polar surface area (TPSA) is 97.1 Å². The monoisotopic (exact) mass is 348 g/mol. The number of aromatic nitrogens is 3. The van der Waals surface area contributed by atoms with Crippen molar-refractivity contribution >= 4 is 17.6 Å². The van der Waals surface area contributed by atoms with E-state index in [1.165, 1.54) is 0 Å². The molecule has 7 heteroatoms. The predicted octanol–water partition coefficient (Wildman–Crippen LogP) is 2.57. The molecular weight excluding hydrogens is 332 g/mol. The Bertz CT molecular complexity index is 931. The maximum absolute atomic E-state index is 11.5. The molecule has 0 saturated carbocycles. The largest absolute Gasteiger partial charge is 0.478 e. The normalized spacial score (nSPS) is 10.8. The molecule has 0 saturated heterocycles. The molecule has 0 spiro atoms. The number of carbonyl (C=O) groups is 2. The number of benzene rings is 2. The van der Waals surface area contributed by atoms with Crippen molar-refractivity contribution in [3.05, 3.63) is 78.5 Å². The molecule has 2 aromatic carbocycles. The van der Waals surface area contributed by atoms with E-state index in [2.05, 4.69) is 15.6 Å². The van der Waals surface area contributed by atoms with Gasteiger partial charge in [0.15, 0.2) is 0 Å². The molecular formula is C19H16N4O3. The van der Waals surface area contributed by atoms with Crippen LogP contribution in [-0.4, -0.2) is 32.0 Å². The number of carbonyl (C=O) groups excluding carboxylic acids is 1. The average molecular weight is 348 g/mol. The van der Waals surface area contributed by atoms with Crippen LogP contribution in [-0.2, 0) is 16.1 Å². The lowest BCUT2D eigenvalue weighted by molar-refractivity contribution is -0.131. The van der Waals surface area contributed by atoms with E-state index in [1.54, 1.807) is 16.8 Å². The maximum Gasteiger partial charge on any atom is 0.328 e. The first-order valence-corrected chi connectivity index (χ1v) is 7.86. The Morgan fingerprint density at radius 3 is 2.46 bits per heavy atom. The van der Waals surface area contributed by atoms with Crippen molar-refractivity contribution in [2.75, 3.05) is 5.32 Å². The second-order valence-electron chi connectivity index (χ2n) is 5.53. The summed E-state index contributed by atoms with van der Waals surface area (Å²) in [6, 6.07) is 17.0. The molecule has 0 atom stereocenters. The number of hydrogen-bond donors (Lipinski definition) is 2. The highest BCUT2D eigenvalue weighted by molar-refractivity contribution is 6.02. The van der Waals surface area contributed by atoms with Crippen molar-refractivity contribution in [1.29, 1.82) is 0 Å². The number of nitrogens with zero attached hydrogens (tertiary/aromatic N) is 3. The Labute approximate surface area is 149 Å². The van der Waals surface area contributed by atoms with Crippen LogP contribution in [0.25, 0.3) is 11.3 Å². The highest BCUT2D eigenvalue weighted by Crippen LogP contribution is 2.16. The lowest BCUT2D eigenvalue weighted by Crippen LogP contribution is -2.08. The Balaban J connectivity index is 1.62. The maximum atomic E-state index is 11.5. The van der Waals surface area contributed by atoms with Gasteiger partial charge in [-0.05, 0) is 17.7 Å². The van der Waals surface area contributed by atoms with E-state index in [9.17, 15) is 9.59 Å². The molecule has 0 aliphatic rings. The van der Waals surface area contributed by atoms with Gasteiger partial charge in [-0.2, -0.15) is 0 Å². The molecule has 26 heavy (non-hydrogen) atoms. The van der Waals surface area contributed by atoms with Crippen LogP contribution in [0.3, 0.4) is 0 Å². The van der Waals surface area contributed by atoms with Crippen LogP contribution in [0.4, 0.5) is 5.69 Å². The van der Waals surface area contributed by atoms with Crippen molar-refractivity contribution in [1.82, 2.24) is 15.0 Å². The van der Waals surface area contributed by atoms with Crippen molar-refractivity contribution in [3.63, 3.8) is 0 Å². The second-order valence-corrected chi connectivity index (χ2v) is 5.53. The number of nitrogens with one attached hydrogen (secondary N) is 1. The van der Waals surface area contributed by atoms with Crippen molar-refractivity contribution in [2.24, 2.45) is 0 Å². The van der Waals surface area contributed by atoms with Crippen LogP contribution in [0.15, 0.2) is 72.9 Å². The second kappa shape index (κ2) is 7.89. The van der Waals surface area contributed by atoms with Crippen molar-refractivity contribution in [3.8, 4) is 11.3 Å². The molecule has 0 unspecified atom stereocenters. The SMILES string of the molecule is O=C(O)C=CC(=O)Nc1ccc(Cn2cc(-c3ccccc3)nn2)cc1. The fraction of sp³-hybridized carbons (Fsp3) is 0.0526. The fourth-order valence-corrected chi connectivity index (χ4v) is 2.33. The molecule has 130 valence electrons. The van der Waals surface area contributed by atoms with Gasteiger partial charge < -0.3 is 10.4 Å². The summed E-state index contributed by atoms with van der Waals surface area (Å²) in [5.74, 6) is -1.66. The van der Waals surface area contributed by atoms with Crippen molar-refractivity contribution < 1.29 is 14.7 Å². The summed E-state index contributed by atoms with van der Waals surface area (Å²) in [6.45, 7) is 0.549. The summed E-state index contributed by atoms with van der Waals surface area (Å²) in [5.41, 5.74) is 3.39. The van der Waals surface area contributed by atoms with E-state index in [0.29, 0.717) is 12.2 Å². The van der Waals surface area contributed by atoms with Crippen LogP contribution in [0.1, 0.15) is 5.56 Å². The smallest absolute Gasteiger partial charge is 0.328 e. The molecule has 1 heterocycles. The van der Waals surface area contributed by atoms with Gasteiger partial charge in [0, 0.05) is 23.4 Å². The lowest BCUT2D eigenvalue weighted by Gasteiger charge is -2.04. The Morgan fingerprint density at radius 2 is 1.77 bits per heavy atom. The zero-order valence-corrected chi connectivity index (χ0v) is 13.7. The third kappa shape index (κ3) is 4.64. The third-order valence-corrected chi connectivity index (χ3v) is 3.55. The minimum atomic E-state index is -1.17. The number of carboxylic acid groups (broad SMARTS) is 1. The minimum Gasteiger partial charge on any atom is -0.478 e. The standard InChI is InChI=1S/C19H16N4O3/c24-18(10-11-19(25)26)20-16-8-6-14(7-9-16)12-23-13-17(21-22-23)15-4-2-1-3-5-15/h1-11,13H,12H2,(H,20,24)(H,25,26). The van der Waals surface area contributed by atoms with Gasteiger partial charge in [-0.25, -0.2) is 9.48 Å². The molecule has 2 N–H and O–H groups in total. The van der Waals surface area contributed by atoms with Gasteiger partial charge in [-0.1, -0.05) is 47.7 Å². The molecule has 0 bridgehead atoms. The van der Waals surface area contributed by atoms with E-state index < -0.39 is 11.9 Å². The Morgan fingerprint density at radius 1 is 1.04 bits per heavy atom. The third-order valence-electron chi connectivity index (χ3n) is 3.55. The van der Waals surface area contributed by atoms with Crippen LogP contribution in [0.2, 0.25) is 0 Å². The zero-order valence-electron chi connectivity index (χ0n) is 13.7. The van der Waals surface area contributed by atoms with Crippen molar-refractivity contribution in [2.45, 2.75) is 6.54 Å². The van der Waals surface area contributed by atoms with Gasteiger partial charge >= 0.3 is 5.97 Å². The van der Waals surface area contributed by atoms with Crippen LogP contribution < -0.4 is 5.32 Å². The van der Waals surface area contributed by atoms with E-state index in [4.69, 9.17) is 5.11 Å². The molecule has 1 amide bonds. The van der Waals surface area contributed by atoms with Gasteiger partial charge in [0.2, 0.25) is 5.91 Å². The first kappa shape index (κ1) is 17.1. The highest BCUT2D eigenvalue weighted by Gasteiger charge is 2.04. The summed E-state index contributed by atoms with van der Waals surface area (Å²) >= 11 is 0. The van der Waals surface area contributed by atoms with Crippen LogP contribution in [0, 0.1) is 0 Å².